The Morgan fingerprint density at radius 1 is 1.12 bits per heavy atom. The molecule has 0 radical (unpaired) electrons. The van der Waals surface area contributed by atoms with Crippen LogP contribution in [0.3, 0.4) is 0 Å². The summed E-state index contributed by atoms with van der Waals surface area (Å²) in [7, 11) is 2.15. The van der Waals surface area contributed by atoms with E-state index in [4.69, 9.17) is 10.5 Å². The summed E-state index contributed by atoms with van der Waals surface area (Å²) in [6.07, 6.45) is 4.52. The van der Waals surface area contributed by atoms with Crippen LogP contribution in [0.25, 0.3) is 0 Å². The number of nitrogens with zero attached hydrogens (tertiary/aromatic N) is 2. The topological polar surface area (TPSA) is 75.9 Å². The van der Waals surface area contributed by atoms with Crippen molar-refractivity contribution in [2.75, 3.05) is 26.7 Å². The first-order valence-electron chi connectivity index (χ1n) is 8.58. The molecule has 0 aromatic heterocycles. The maximum Gasteiger partial charge on any atom is 0.260 e. The molecule has 0 bridgehead atoms. The Labute approximate surface area is 142 Å². The molecule has 1 aromatic carbocycles. The van der Waals surface area contributed by atoms with Gasteiger partial charge in [0.05, 0.1) is 0 Å². The lowest BCUT2D eigenvalue weighted by Gasteiger charge is -2.33. The lowest BCUT2D eigenvalue weighted by atomic mass is 10.0. The number of ether oxygens (including phenoxy) is 1. The lowest BCUT2D eigenvalue weighted by Crippen LogP contribution is -2.48. The minimum Gasteiger partial charge on any atom is -0.484 e. The smallest absolute Gasteiger partial charge is 0.260 e. The molecule has 2 N–H and O–H groups in total. The largest absolute Gasteiger partial charge is 0.484 e. The molecule has 6 heteroatoms. The molecule has 2 heterocycles. The van der Waals surface area contributed by atoms with Crippen molar-refractivity contribution in [2.45, 2.75) is 37.8 Å². The Balaban J connectivity index is 1.57. The number of carbonyl (C=O) groups excluding carboxylic acids is 2. The van der Waals surface area contributed by atoms with E-state index >= 15 is 0 Å². The standard InChI is InChI=1S/C18H25N3O3/c1-20-10-2-4-15(20)16-5-3-11-21(16)17(22)12-24-14-8-6-13(7-9-14)18(19)23/h6-9,15-16H,2-5,10-12H2,1H3,(H2,19,23)/t15-,16+/m1/s1. The third-order valence-corrected chi connectivity index (χ3v) is 5.14. The molecule has 0 saturated carbocycles. The number of amides is 2. The van der Waals surface area contributed by atoms with Gasteiger partial charge in [-0.3, -0.25) is 9.59 Å². The molecule has 0 aliphatic carbocycles. The molecule has 0 spiro atoms. The summed E-state index contributed by atoms with van der Waals surface area (Å²) < 4.78 is 5.60. The van der Waals surface area contributed by atoms with Crippen LogP contribution in [0, 0.1) is 0 Å². The lowest BCUT2D eigenvalue weighted by molar-refractivity contribution is -0.135. The highest BCUT2D eigenvalue weighted by Crippen LogP contribution is 2.29. The van der Waals surface area contributed by atoms with Crippen molar-refractivity contribution in [3.63, 3.8) is 0 Å². The van der Waals surface area contributed by atoms with Crippen molar-refractivity contribution in [1.82, 2.24) is 9.80 Å². The molecule has 2 atom stereocenters. The van der Waals surface area contributed by atoms with Crippen LogP contribution < -0.4 is 10.5 Å². The third kappa shape index (κ3) is 3.53. The number of hydrogen-bond acceptors (Lipinski definition) is 4. The summed E-state index contributed by atoms with van der Waals surface area (Å²) in [6.45, 7) is 1.96. The first kappa shape index (κ1) is 16.8. The van der Waals surface area contributed by atoms with Gasteiger partial charge in [-0.05, 0) is 63.5 Å². The Hall–Kier alpha value is -2.08. The number of rotatable bonds is 5. The summed E-state index contributed by atoms with van der Waals surface area (Å²) in [5.74, 6) is 0.136. The van der Waals surface area contributed by atoms with E-state index in [-0.39, 0.29) is 12.5 Å². The summed E-state index contributed by atoms with van der Waals surface area (Å²) in [5.41, 5.74) is 5.64. The van der Waals surface area contributed by atoms with Gasteiger partial charge in [-0.1, -0.05) is 0 Å². The average Bonchev–Trinajstić information content (AvgIpc) is 3.21. The van der Waals surface area contributed by atoms with E-state index in [9.17, 15) is 9.59 Å². The van der Waals surface area contributed by atoms with Crippen molar-refractivity contribution >= 4 is 11.8 Å². The number of hydrogen-bond donors (Lipinski definition) is 1. The number of likely N-dealkylation sites (tertiary alicyclic amines) is 2. The summed E-state index contributed by atoms with van der Waals surface area (Å²) in [6, 6.07) is 7.33. The van der Waals surface area contributed by atoms with Crippen molar-refractivity contribution in [1.29, 1.82) is 0 Å². The number of benzene rings is 1. The van der Waals surface area contributed by atoms with Gasteiger partial charge in [0.25, 0.3) is 5.91 Å². The minimum absolute atomic E-state index is 0.0306. The zero-order valence-electron chi connectivity index (χ0n) is 14.1. The number of primary amides is 1. The van der Waals surface area contributed by atoms with Crippen molar-refractivity contribution in [3.8, 4) is 5.75 Å². The Morgan fingerprint density at radius 3 is 2.42 bits per heavy atom. The van der Waals surface area contributed by atoms with Gasteiger partial charge < -0.3 is 20.3 Å². The minimum atomic E-state index is -0.474. The van der Waals surface area contributed by atoms with Crippen LogP contribution >= 0.6 is 0 Å². The van der Waals surface area contributed by atoms with E-state index in [1.807, 2.05) is 4.90 Å². The van der Waals surface area contributed by atoms with Gasteiger partial charge in [0, 0.05) is 24.2 Å². The molecule has 2 aliphatic heterocycles. The van der Waals surface area contributed by atoms with Crippen molar-refractivity contribution in [2.24, 2.45) is 5.73 Å². The Morgan fingerprint density at radius 2 is 1.79 bits per heavy atom. The highest BCUT2D eigenvalue weighted by atomic mass is 16.5. The van der Waals surface area contributed by atoms with Crippen LogP contribution in [0.15, 0.2) is 24.3 Å². The van der Waals surface area contributed by atoms with Gasteiger partial charge in [0.15, 0.2) is 6.61 Å². The second kappa shape index (κ2) is 7.21. The summed E-state index contributed by atoms with van der Waals surface area (Å²) >= 11 is 0. The second-order valence-electron chi connectivity index (χ2n) is 6.66. The van der Waals surface area contributed by atoms with Crippen LogP contribution in [0.5, 0.6) is 5.75 Å². The van der Waals surface area contributed by atoms with Crippen LogP contribution in [-0.2, 0) is 4.79 Å². The van der Waals surface area contributed by atoms with E-state index in [0.29, 0.717) is 23.4 Å². The number of nitrogens with two attached hydrogens (primary N) is 1. The molecule has 130 valence electrons. The molecular formula is C18H25N3O3. The molecule has 2 saturated heterocycles. The fraction of sp³-hybridized carbons (Fsp3) is 0.556. The monoisotopic (exact) mass is 331 g/mol. The van der Waals surface area contributed by atoms with E-state index in [1.165, 1.54) is 12.8 Å². The predicted molar refractivity (Wildman–Crippen MR) is 90.8 cm³/mol. The normalized spacial score (nSPS) is 24.3. The Kier molecular flexibility index (Phi) is 5.04. The van der Waals surface area contributed by atoms with E-state index in [2.05, 4.69) is 11.9 Å². The summed E-state index contributed by atoms with van der Waals surface area (Å²) in [5, 5.41) is 0. The molecule has 2 aliphatic rings. The van der Waals surface area contributed by atoms with Gasteiger partial charge in [-0.2, -0.15) is 0 Å². The van der Waals surface area contributed by atoms with E-state index in [0.717, 1.165) is 25.9 Å². The number of carbonyl (C=O) groups is 2. The second-order valence-corrected chi connectivity index (χ2v) is 6.66. The van der Waals surface area contributed by atoms with Gasteiger partial charge in [0.1, 0.15) is 5.75 Å². The first-order chi connectivity index (χ1) is 11.6. The van der Waals surface area contributed by atoms with Crippen LogP contribution in [-0.4, -0.2) is 60.4 Å². The highest BCUT2D eigenvalue weighted by Gasteiger charge is 2.38. The van der Waals surface area contributed by atoms with Crippen molar-refractivity contribution < 1.29 is 14.3 Å². The van der Waals surface area contributed by atoms with Gasteiger partial charge in [-0.25, -0.2) is 0 Å². The molecule has 1 aromatic rings. The number of likely N-dealkylation sites (N-methyl/N-ethyl adjacent to an activating group) is 1. The fourth-order valence-corrected chi connectivity index (χ4v) is 3.87. The van der Waals surface area contributed by atoms with Crippen LogP contribution in [0.1, 0.15) is 36.0 Å². The molecule has 24 heavy (non-hydrogen) atoms. The zero-order valence-corrected chi connectivity index (χ0v) is 14.1. The quantitative estimate of drug-likeness (QED) is 0.881. The molecule has 2 fully saturated rings. The first-order valence-corrected chi connectivity index (χ1v) is 8.58. The Bertz CT molecular complexity index is 602. The average molecular weight is 331 g/mol. The zero-order chi connectivity index (χ0) is 17.1. The maximum atomic E-state index is 12.6. The van der Waals surface area contributed by atoms with Crippen molar-refractivity contribution in [3.05, 3.63) is 29.8 Å². The van der Waals surface area contributed by atoms with E-state index < -0.39 is 5.91 Å². The summed E-state index contributed by atoms with van der Waals surface area (Å²) in [4.78, 5) is 28.0. The molecule has 6 nitrogen and oxygen atoms in total. The molecule has 2 amide bonds. The maximum absolute atomic E-state index is 12.6. The third-order valence-electron chi connectivity index (χ3n) is 5.14. The van der Waals surface area contributed by atoms with Gasteiger partial charge in [-0.15, -0.1) is 0 Å². The van der Waals surface area contributed by atoms with Crippen LogP contribution in [0.4, 0.5) is 0 Å². The fourth-order valence-electron chi connectivity index (χ4n) is 3.87. The molecular weight excluding hydrogens is 306 g/mol. The van der Waals surface area contributed by atoms with E-state index in [1.54, 1.807) is 24.3 Å². The predicted octanol–water partition coefficient (Wildman–Crippen LogP) is 1.25. The highest BCUT2D eigenvalue weighted by molar-refractivity contribution is 5.92. The SMILES string of the molecule is CN1CCC[C@@H]1[C@@H]1CCCN1C(=O)COc1ccc(C(N)=O)cc1. The van der Waals surface area contributed by atoms with Crippen LogP contribution in [0.2, 0.25) is 0 Å². The van der Waals surface area contributed by atoms with Gasteiger partial charge >= 0.3 is 0 Å². The molecule has 0 unspecified atom stereocenters. The molecule has 3 rings (SSSR count). The van der Waals surface area contributed by atoms with Gasteiger partial charge in [0.2, 0.25) is 5.91 Å².